The van der Waals surface area contributed by atoms with E-state index in [1.807, 2.05) is 0 Å². The van der Waals surface area contributed by atoms with Crippen LogP contribution in [0, 0.1) is 5.92 Å². The van der Waals surface area contributed by atoms with Crippen LogP contribution in [0.1, 0.15) is 49.3 Å². The zero-order valence-corrected chi connectivity index (χ0v) is 13.5. The van der Waals surface area contributed by atoms with Crippen molar-refractivity contribution in [2.75, 3.05) is 20.6 Å². The number of hydrogen-bond acceptors (Lipinski definition) is 1. The van der Waals surface area contributed by atoms with E-state index in [1.165, 1.54) is 36.7 Å². The van der Waals surface area contributed by atoms with E-state index in [4.69, 9.17) is 0 Å². The smallest absolute Gasteiger partial charge is 0.0485 e. The van der Waals surface area contributed by atoms with Crippen LogP contribution in [0.2, 0.25) is 0 Å². The molecule has 0 saturated heterocycles. The maximum atomic E-state index is 2.61. The van der Waals surface area contributed by atoms with E-state index in [2.05, 4.69) is 54.8 Å². The van der Waals surface area contributed by atoms with Crippen LogP contribution in [-0.2, 0) is 6.54 Å². The number of fused-ring (bicyclic) bond motifs is 3. The normalized spacial score (nSPS) is 27.5. The summed E-state index contributed by atoms with van der Waals surface area (Å²) < 4.78 is 2.61. The molecule has 2 aromatic rings. The number of nitrogens with zero attached hydrogens (tertiary/aromatic N) is 2. The summed E-state index contributed by atoms with van der Waals surface area (Å²) in [5, 5.41) is 1.53. The molecule has 2 heteroatoms. The number of aromatic nitrogens is 1. The van der Waals surface area contributed by atoms with Crippen LogP contribution in [0.15, 0.2) is 24.3 Å². The zero-order chi connectivity index (χ0) is 14.6. The topological polar surface area (TPSA) is 8.17 Å². The average molecular weight is 282 g/mol. The second kappa shape index (κ2) is 4.88. The predicted octanol–water partition coefficient (Wildman–Crippen LogP) is 4.20. The molecule has 1 aromatic carbocycles. The summed E-state index contributed by atoms with van der Waals surface area (Å²) >= 11 is 0. The van der Waals surface area contributed by atoms with Gasteiger partial charge < -0.3 is 9.47 Å². The molecule has 2 nitrogen and oxygen atoms in total. The predicted molar refractivity (Wildman–Crippen MR) is 89.0 cm³/mol. The molecule has 0 radical (unpaired) electrons. The molecule has 3 atom stereocenters. The van der Waals surface area contributed by atoms with Gasteiger partial charge in [-0.25, -0.2) is 0 Å². The van der Waals surface area contributed by atoms with Gasteiger partial charge in [0.1, 0.15) is 0 Å². The first-order chi connectivity index (χ1) is 10.2. The van der Waals surface area contributed by atoms with E-state index in [9.17, 15) is 0 Å². The standard InChI is InChI=1S/C19H26N2/c1-4-21-17-8-6-5-7-16(17)18-13-9-10-15(19(18)21)14(11-13)12-20(2)3/h5-8,13-15H,4,9-12H2,1-3H3. The second-order valence-electron chi connectivity index (χ2n) is 7.20. The minimum atomic E-state index is 0.778. The fourth-order valence-corrected chi connectivity index (χ4v) is 5.08. The van der Waals surface area contributed by atoms with Gasteiger partial charge >= 0.3 is 0 Å². The van der Waals surface area contributed by atoms with Crippen molar-refractivity contribution in [1.29, 1.82) is 0 Å². The third-order valence-corrected chi connectivity index (χ3v) is 5.71. The molecule has 1 saturated carbocycles. The fraction of sp³-hybridized carbons (Fsp3) is 0.579. The van der Waals surface area contributed by atoms with Crippen molar-refractivity contribution in [3.05, 3.63) is 35.5 Å². The summed E-state index contributed by atoms with van der Waals surface area (Å²) in [6.07, 6.45) is 4.19. The lowest BCUT2D eigenvalue weighted by molar-refractivity contribution is 0.192. The van der Waals surface area contributed by atoms with Crippen LogP contribution < -0.4 is 0 Å². The molecular weight excluding hydrogens is 256 g/mol. The number of aryl methyl sites for hydroxylation is 1. The van der Waals surface area contributed by atoms with Gasteiger partial charge in [0.25, 0.3) is 0 Å². The molecule has 2 bridgehead atoms. The minimum Gasteiger partial charge on any atom is -0.344 e. The van der Waals surface area contributed by atoms with Gasteiger partial charge in [-0.1, -0.05) is 18.2 Å². The highest BCUT2D eigenvalue weighted by molar-refractivity contribution is 5.87. The molecule has 0 aliphatic heterocycles. The second-order valence-corrected chi connectivity index (χ2v) is 7.20. The van der Waals surface area contributed by atoms with E-state index in [0.29, 0.717) is 0 Å². The van der Waals surface area contributed by atoms with Crippen LogP contribution in [0.4, 0.5) is 0 Å². The molecule has 3 aliphatic carbocycles. The average Bonchev–Trinajstić information content (AvgIpc) is 2.83. The summed E-state index contributed by atoms with van der Waals surface area (Å²) in [6, 6.07) is 9.07. The molecule has 21 heavy (non-hydrogen) atoms. The van der Waals surface area contributed by atoms with Crippen LogP contribution in [0.5, 0.6) is 0 Å². The first kappa shape index (κ1) is 13.4. The highest BCUT2D eigenvalue weighted by Gasteiger charge is 2.43. The Morgan fingerprint density at radius 1 is 1.19 bits per heavy atom. The maximum Gasteiger partial charge on any atom is 0.0485 e. The molecule has 1 aromatic heterocycles. The quantitative estimate of drug-likeness (QED) is 0.819. The van der Waals surface area contributed by atoms with Gasteiger partial charge in [-0.3, -0.25) is 0 Å². The van der Waals surface area contributed by atoms with Crippen LogP contribution >= 0.6 is 0 Å². The van der Waals surface area contributed by atoms with Crippen molar-refractivity contribution in [1.82, 2.24) is 9.47 Å². The lowest BCUT2D eigenvalue weighted by atomic mass is 9.63. The van der Waals surface area contributed by atoms with Crippen LogP contribution in [-0.4, -0.2) is 30.1 Å². The number of benzene rings is 1. The zero-order valence-electron chi connectivity index (χ0n) is 13.5. The van der Waals surface area contributed by atoms with Crippen molar-refractivity contribution in [2.45, 2.75) is 44.6 Å². The number of hydrogen-bond donors (Lipinski definition) is 0. The van der Waals surface area contributed by atoms with Gasteiger partial charge in [-0.15, -0.1) is 0 Å². The first-order valence-corrected chi connectivity index (χ1v) is 8.46. The molecular formula is C19H26N2. The Morgan fingerprint density at radius 2 is 2.00 bits per heavy atom. The van der Waals surface area contributed by atoms with E-state index < -0.39 is 0 Å². The lowest BCUT2D eigenvalue weighted by Gasteiger charge is -2.44. The lowest BCUT2D eigenvalue weighted by Crippen LogP contribution is -2.36. The highest BCUT2D eigenvalue weighted by atomic mass is 15.1. The molecule has 3 aliphatic rings. The molecule has 0 N–H and O–H groups in total. The molecule has 1 heterocycles. The van der Waals surface area contributed by atoms with Crippen molar-refractivity contribution < 1.29 is 0 Å². The van der Waals surface area contributed by atoms with Crippen molar-refractivity contribution in [2.24, 2.45) is 5.92 Å². The van der Waals surface area contributed by atoms with Gasteiger partial charge in [0.15, 0.2) is 0 Å². The molecule has 1 fully saturated rings. The third kappa shape index (κ3) is 1.88. The number of para-hydroxylation sites is 1. The Labute approximate surface area is 127 Å². The Balaban J connectivity index is 1.90. The van der Waals surface area contributed by atoms with E-state index >= 15 is 0 Å². The molecule has 0 spiro atoms. The van der Waals surface area contributed by atoms with E-state index in [-0.39, 0.29) is 0 Å². The van der Waals surface area contributed by atoms with Crippen molar-refractivity contribution in [3.63, 3.8) is 0 Å². The fourth-order valence-electron chi connectivity index (χ4n) is 5.08. The largest absolute Gasteiger partial charge is 0.344 e. The van der Waals surface area contributed by atoms with Crippen LogP contribution in [0.3, 0.4) is 0 Å². The minimum absolute atomic E-state index is 0.778. The highest BCUT2D eigenvalue weighted by Crippen LogP contribution is 2.55. The summed E-state index contributed by atoms with van der Waals surface area (Å²) in [7, 11) is 4.44. The molecule has 3 unspecified atom stereocenters. The van der Waals surface area contributed by atoms with Crippen molar-refractivity contribution >= 4 is 10.9 Å². The maximum absolute atomic E-state index is 2.61. The summed E-state index contributed by atoms with van der Waals surface area (Å²) in [5.74, 6) is 2.42. The van der Waals surface area contributed by atoms with Gasteiger partial charge in [0.05, 0.1) is 0 Å². The number of rotatable bonds is 3. The Bertz CT molecular complexity index is 668. The Morgan fingerprint density at radius 3 is 2.76 bits per heavy atom. The molecule has 112 valence electrons. The molecule has 0 amide bonds. The Hall–Kier alpha value is -1.28. The van der Waals surface area contributed by atoms with Crippen LogP contribution in [0.25, 0.3) is 10.9 Å². The first-order valence-electron chi connectivity index (χ1n) is 8.46. The third-order valence-electron chi connectivity index (χ3n) is 5.71. The summed E-state index contributed by atoms with van der Waals surface area (Å²) in [4.78, 5) is 2.38. The van der Waals surface area contributed by atoms with E-state index in [1.54, 1.807) is 11.3 Å². The monoisotopic (exact) mass is 282 g/mol. The summed E-state index contributed by atoms with van der Waals surface area (Å²) in [6.45, 7) is 4.65. The molecule has 5 rings (SSSR count). The Kier molecular flexibility index (Phi) is 3.11. The summed E-state index contributed by atoms with van der Waals surface area (Å²) in [5.41, 5.74) is 4.86. The van der Waals surface area contributed by atoms with Gasteiger partial charge in [0, 0.05) is 35.6 Å². The SMILES string of the molecule is CCn1c2c(c3ccccc31)C1CCC2C(CN(C)C)C1. The van der Waals surface area contributed by atoms with E-state index in [0.717, 1.165) is 24.3 Å². The van der Waals surface area contributed by atoms with Gasteiger partial charge in [-0.2, -0.15) is 0 Å². The van der Waals surface area contributed by atoms with Crippen molar-refractivity contribution in [3.8, 4) is 0 Å². The van der Waals surface area contributed by atoms with Gasteiger partial charge in [0.2, 0.25) is 0 Å². The van der Waals surface area contributed by atoms with Gasteiger partial charge in [-0.05, 0) is 63.7 Å².